The van der Waals surface area contributed by atoms with Gasteiger partial charge in [-0.3, -0.25) is 14.6 Å². The van der Waals surface area contributed by atoms with Crippen LogP contribution in [0, 0.1) is 5.41 Å². The molecule has 1 aromatic heterocycles. The molecule has 0 spiro atoms. The van der Waals surface area contributed by atoms with E-state index in [0.717, 1.165) is 6.21 Å². The molecule has 0 aliphatic carbocycles. The van der Waals surface area contributed by atoms with E-state index in [-0.39, 0.29) is 29.1 Å². The van der Waals surface area contributed by atoms with Crippen LogP contribution < -0.4 is 16.4 Å². The number of nitrogens with one attached hydrogen (secondary N) is 3. The number of nitrogens with zero attached hydrogens (tertiary/aromatic N) is 1. The summed E-state index contributed by atoms with van der Waals surface area (Å²) >= 11 is 2.97. The molecule has 0 saturated heterocycles. The zero-order valence-electron chi connectivity index (χ0n) is 10.5. The van der Waals surface area contributed by atoms with Crippen molar-refractivity contribution in [3.63, 3.8) is 0 Å². The first-order chi connectivity index (χ1) is 9.54. The Hall–Kier alpha value is -2.22. The van der Waals surface area contributed by atoms with Gasteiger partial charge in [0.15, 0.2) is 0 Å². The summed E-state index contributed by atoms with van der Waals surface area (Å²) in [6.45, 7) is 0.163. The van der Waals surface area contributed by atoms with Crippen molar-refractivity contribution in [1.82, 2.24) is 10.3 Å². The predicted octanol–water partition coefficient (Wildman–Crippen LogP) is 0.741. The first-order valence-electron chi connectivity index (χ1n) is 5.68. The van der Waals surface area contributed by atoms with Gasteiger partial charge < -0.3 is 21.8 Å². The van der Waals surface area contributed by atoms with Gasteiger partial charge >= 0.3 is 0 Å². The molecule has 20 heavy (non-hydrogen) atoms. The summed E-state index contributed by atoms with van der Waals surface area (Å²) in [4.78, 5) is 27.0. The fourth-order valence-electron chi connectivity index (χ4n) is 1.22. The molecule has 2 amide bonds. The number of rotatable bonds is 6. The topological polar surface area (TPSA) is 121 Å². The molecule has 7 nitrogen and oxygen atoms in total. The number of halogens is 1. The first kappa shape index (κ1) is 15.8. The predicted molar refractivity (Wildman–Crippen MR) is 79.4 cm³/mol. The third-order valence-electron chi connectivity index (χ3n) is 2.21. The summed E-state index contributed by atoms with van der Waals surface area (Å²) in [7, 11) is 0. The van der Waals surface area contributed by atoms with Gasteiger partial charge in [-0.25, -0.2) is 0 Å². The van der Waals surface area contributed by atoms with Crippen molar-refractivity contribution in [2.75, 3.05) is 11.9 Å². The highest BCUT2D eigenvalue weighted by atomic mass is 79.9. The lowest BCUT2D eigenvalue weighted by atomic mass is 10.3. The van der Waals surface area contributed by atoms with E-state index >= 15 is 0 Å². The number of aromatic nitrogens is 1. The fourth-order valence-corrected chi connectivity index (χ4v) is 1.47. The number of nitrogens with two attached hydrogens (primary N) is 1. The third kappa shape index (κ3) is 5.19. The molecule has 0 aliphatic rings. The summed E-state index contributed by atoms with van der Waals surface area (Å²) in [5.74, 6) is -0.695. The maximum Gasteiger partial charge on any atom is 0.260 e. The van der Waals surface area contributed by atoms with E-state index in [1.54, 1.807) is 24.5 Å². The van der Waals surface area contributed by atoms with E-state index < -0.39 is 5.91 Å². The average molecular weight is 340 g/mol. The quantitative estimate of drug-likeness (QED) is 0.451. The summed E-state index contributed by atoms with van der Waals surface area (Å²) in [6, 6.07) is 3.33. The zero-order valence-corrected chi connectivity index (χ0v) is 12.1. The highest BCUT2D eigenvalue weighted by molar-refractivity contribution is 9.12. The van der Waals surface area contributed by atoms with Crippen LogP contribution in [0.2, 0.25) is 0 Å². The molecule has 1 aromatic rings. The standard InChI is InChI=1S/C12H14BrN5O2/c13-11(9(15)7-14)12(20)17-6-3-10(19)18-8-1-4-16-5-2-8/h1-2,4-5,7,14H,3,6,15H2,(H,17,20)(H,16,18,19)/b11-9-,14-7?. The van der Waals surface area contributed by atoms with Crippen LogP contribution in [0.1, 0.15) is 6.42 Å². The van der Waals surface area contributed by atoms with E-state index in [1.165, 1.54) is 0 Å². The van der Waals surface area contributed by atoms with Crippen molar-refractivity contribution < 1.29 is 9.59 Å². The minimum absolute atomic E-state index is 0.0173. The summed E-state index contributed by atoms with van der Waals surface area (Å²) < 4.78 is 0.0713. The molecule has 8 heteroatoms. The minimum atomic E-state index is -0.470. The van der Waals surface area contributed by atoms with Crippen LogP contribution in [0.25, 0.3) is 0 Å². The highest BCUT2D eigenvalue weighted by Crippen LogP contribution is 2.07. The lowest BCUT2D eigenvalue weighted by Gasteiger charge is -2.06. The molecular formula is C12H14BrN5O2. The summed E-state index contributed by atoms with van der Waals surface area (Å²) in [6.07, 6.45) is 4.12. The van der Waals surface area contributed by atoms with E-state index in [2.05, 4.69) is 31.5 Å². The number of amides is 2. The molecule has 0 unspecified atom stereocenters. The molecule has 0 radical (unpaired) electrons. The highest BCUT2D eigenvalue weighted by Gasteiger charge is 2.09. The Morgan fingerprint density at radius 3 is 2.65 bits per heavy atom. The van der Waals surface area contributed by atoms with Crippen LogP contribution >= 0.6 is 15.9 Å². The van der Waals surface area contributed by atoms with Gasteiger partial charge in [-0.15, -0.1) is 0 Å². The van der Waals surface area contributed by atoms with Gasteiger partial charge in [0.05, 0.1) is 5.70 Å². The van der Waals surface area contributed by atoms with Gasteiger partial charge in [0.25, 0.3) is 5.91 Å². The Labute approximate surface area is 124 Å². The molecule has 0 aliphatic heterocycles. The van der Waals surface area contributed by atoms with E-state index in [1.807, 2.05) is 0 Å². The Kier molecular flexibility index (Phi) is 6.38. The van der Waals surface area contributed by atoms with Gasteiger partial charge in [0.2, 0.25) is 5.91 Å². The largest absolute Gasteiger partial charge is 0.396 e. The maximum absolute atomic E-state index is 11.6. The summed E-state index contributed by atoms with van der Waals surface area (Å²) in [5, 5.41) is 12.1. The van der Waals surface area contributed by atoms with E-state index in [4.69, 9.17) is 11.1 Å². The van der Waals surface area contributed by atoms with Crippen molar-refractivity contribution in [1.29, 1.82) is 5.41 Å². The van der Waals surface area contributed by atoms with Crippen molar-refractivity contribution in [2.24, 2.45) is 5.73 Å². The Bertz CT molecular complexity index is 530. The van der Waals surface area contributed by atoms with Crippen LogP contribution in [0.3, 0.4) is 0 Å². The van der Waals surface area contributed by atoms with Crippen LogP contribution in [0.4, 0.5) is 5.69 Å². The Balaban J connectivity index is 2.36. The third-order valence-corrected chi connectivity index (χ3v) is 3.03. The second-order valence-corrected chi connectivity index (χ2v) is 4.50. The molecule has 1 rings (SSSR count). The van der Waals surface area contributed by atoms with Crippen LogP contribution in [-0.2, 0) is 9.59 Å². The number of allylic oxidation sites excluding steroid dienone is 1. The van der Waals surface area contributed by atoms with Gasteiger partial charge in [-0.2, -0.15) is 0 Å². The molecular weight excluding hydrogens is 326 g/mol. The number of carbonyl (C=O) groups is 2. The summed E-state index contributed by atoms with van der Waals surface area (Å²) in [5.41, 5.74) is 6.06. The normalized spacial score (nSPS) is 11.2. The second-order valence-electron chi connectivity index (χ2n) is 3.70. The lowest BCUT2D eigenvalue weighted by molar-refractivity contribution is -0.117. The lowest BCUT2D eigenvalue weighted by Crippen LogP contribution is -2.28. The van der Waals surface area contributed by atoms with Gasteiger partial charge in [-0.05, 0) is 28.1 Å². The molecule has 1 heterocycles. The van der Waals surface area contributed by atoms with Crippen LogP contribution in [-0.4, -0.2) is 29.6 Å². The van der Waals surface area contributed by atoms with Gasteiger partial charge in [0.1, 0.15) is 4.48 Å². The second kappa shape index (κ2) is 8.05. The maximum atomic E-state index is 11.6. The molecule has 0 saturated carbocycles. The molecule has 0 atom stereocenters. The fraction of sp³-hybridized carbons (Fsp3) is 0.167. The smallest absolute Gasteiger partial charge is 0.260 e. The average Bonchev–Trinajstić information content (AvgIpc) is 2.46. The van der Waals surface area contributed by atoms with Crippen LogP contribution in [0.5, 0.6) is 0 Å². The number of carbonyl (C=O) groups excluding carboxylic acids is 2. The van der Waals surface area contributed by atoms with Crippen molar-refractivity contribution in [3.05, 3.63) is 34.7 Å². The molecule has 106 valence electrons. The molecule has 5 N–H and O–H groups in total. The van der Waals surface area contributed by atoms with Gasteiger partial charge in [-0.1, -0.05) is 0 Å². The monoisotopic (exact) mass is 339 g/mol. The van der Waals surface area contributed by atoms with Crippen molar-refractivity contribution >= 4 is 39.6 Å². The number of hydrogen-bond acceptors (Lipinski definition) is 5. The molecule has 0 aromatic carbocycles. The Morgan fingerprint density at radius 1 is 1.40 bits per heavy atom. The first-order valence-corrected chi connectivity index (χ1v) is 6.47. The number of anilines is 1. The Morgan fingerprint density at radius 2 is 2.05 bits per heavy atom. The number of pyridine rings is 1. The van der Waals surface area contributed by atoms with Gasteiger partial charge in [0, 0.05) is 37.3 Å². The van der Waals surface area contributed by atoms with E-state index in [9.17, 15) is 9.59 Å². The van der Waals surface area contributed by atoms with Crippen molar-refractivity contribution in [2.45, 2.75) is 6.42 Å². The van der Waals surface area contributed by atoms with E-state index in [0.29, 0.717) is 5.69 Å². The zero-order chi connectivity index (χ0) is 15.0. The minimum Gasteiger partial charge on any atom is -0.396 e. The molecule has 0 bridgehead atoms. The number of hydrogen-bond donors (Lipinski definition) is 4. The van der Waals surface area contributed by atoms with Crippen LogP contribution in [0.15, 0.2) is 34.7 Å². The van der Waals surface area contributed by atoms with Crippen molar-refractivity contribution in [3.8, 4) is 0 Å². The molecule has 0 fully saturated rings. The SMILES string of the molecule is N=C/C(N)=C(/Br)C(=O)NCCC(=O)Nc1ccncc1.